The van der Waals surface area contributed by atoms with Gasteiger partial charge in [0.15, 0.2) is 6.04 Å². The molecular weight excluding hydrogens is 250 g/mol. The zero-order chi connectivity index (χ0) is 14.4. The summed E-state index contributed by atoms with van der Waals surface area (Å²) in [6, 6.07) is 4.59. The smallest absolute Gasteiger partial charge is 0.330 e. The molecule has 6 heteroatoms. The highest BCUT2D eigenvalue weighted by Gasteiger charge is 2.21. The van der Waals surface area contributed by atoms with E-state index in [-0.39, 0.29) is 6.42 Å². The minimum absolute atomic E-state index is 0.158. The molecule has 1 aromatic carbocycles. The molecule has 0 aliphatic heterocycles. The Bertz CT molecular complexity index is 541. The summed E-state index contributed by atoms with van der Waals surface area (Å²) >= 11 is 0. The Kier molecular flexibility index (Phi) is 4.66. The van der Waals surface area contributed by atoms with E-state index < -0.39 is 23.9 Å². The van der Waals surface area contributed by atoms with Gasteiger partial charge in [-0.25, -0.2) is 4.79 Å². The van der Waals surface area contributed by atoms with Crippen LogP contribution in [0.2, 0.25) is 0 Å². The minimum atomic E-state index is -1.26. The predicted molar refractivity (Wildman–Crippen MR) is 65.1 cm³/mol. The van der Waals surface area contributed by atoms with Crippen LogP contribution in [0.25, 0.3) is 0 Å². The van der Waals surface area contributed by atoms with Crippen molar-refractivity contribution in [1.82, 2.24) is 5.32 Å². The van der Waals surface area contributed by atoms with Gasteiger partial charge >= 0.3 is 11.9 Å². The molecule has 0 radical (unpaired) electrons. The Hall–Kier alpha value is -2.81. The summed E-state index contributed by atoms with van der Waals surface area (Å²) in [5, 5.41) is 19.8. The third kappa shape index (κ3) is 4.16. The van der Waals surface area contributed by atoms with Crippen molar-refractivity contribution >= 4 is 17.8 Å². The number of rotatable bonds is 5. The Balaban J connectivity index is 2.92. The van der Waals surface area contributed by atoms with Crippen LogP contribution >= 0.6 is 0 Å². The van der Waals surface area contributed by atoms with Crippen LogP contribution < -0.4 is 5.32 Å². The van der Waals surface area contributed by atoms with E-state index in [9.17, 15) is 14.4 Å². The fourth-order valence-corrected chi connectivity index (χ4v) is 1.46. The molecule has 0 heterocycles. The van der Waals surface area contributed by atoms with Crippen LogP contribution in [0.3, 0.4) is 0 Å². The molecule has 0 spiro atoms. The van der Waals surface area contributed by atoms with Crippen molar-refractivity contribution in [2.24, 2.45) is 0 Å². The van der Waals surface area contributed by atoms with Gasteiger partial charge in [0.2, 0.25) is 0 Å². The van der Waals surface area contributed by atoms with Gasteiger partial charge in [0, 0.05) is 0 Å². The number of carbonyl (C=O) groups excluding carboxylic acids is 1. The Morgan fingerprint density at radius 1 is 1.21 bits per heavy atom. The molecule has 1 amide bonds. The molecule has 6 nitrogen and oxygen atoms in total. The number of carboxylic acid groups (broad SMARTS) is 2. The van der Waals surface area contributed by atoms with E-state index in [1.54, 1.807) is 5.92 Å². The predicted octanol–water partition coefficient (Wildman–Crippen LogP) is 0.189. The number of amides is 1. The van der Waals surface area contributed by atoms with Crippen molar-refractivity contribution in [2.45, 2.75) is 12.5 Å². The van der Waals surface area contributed by atoms with Crippen LogP contribution in [0.1, 0.15) is 17.2 Å². The lowest BCUT2D eigenvalue weighted by molar-refractivity contribution is -0.141. The summed E-state index contributed by atoms with van der Waals surface area (Å²) < 4.78 is 0. The molecule has 0 aromatic heterocycles. The first-order valence-electron chi connectivity index (χ1n) is 5.24. The zero-order valence-corrected chi connectivity index (χ0v) is 9.79. The van der Waals surface area contributed by atoms with E-state index >= 15 is 0 Å². The molecule has 0 saturated carbocycles. The fraction of sp³-hybridized carbons (Fsp3) is 0.154. The van der Waals surface area contributed by atoms with Gasteiger partial charge in [-0.15, -0.1) is 6.42 Å². The molecule has 98 valence electrons. The zero-order valence-electron chi connectivity index (χ0n) is 9.79. The summed E-state index contributed by atoms with van der Waals surface area (Å²) in [5.74, 6) is -1.30. The van der Waals surface area contributed by atoms with Crippen molar-refractivity contribution in [3.8, 4) is 12.3 Å². The molecule has 1 atom stereocenters. The molecule has 0 saturated heterocycles. The Morgan fingerprint density at radius 2 is 1.79 bits per heavy atom. The molecule has 0 aliphatic rings. The van der Waals surface area contributed by atoms with Gasteiger partial charge in [-0.05, 0) is 17.0 Å². The van der Waals surface area contributed by atoms with Crippen molar-refractivity contribution in [1.29, 1.82) is 0 Å². The number of aliphatic carboxylic acids is 2. The monoisotopic (exact) mass is 261 g/mol. The third-order valence-electron chi connectivity index (χ3n) is 2.32. The summed E-state index contributed by atoms with van der Waals surface area (Å²) in [7, 11) is 0. The van der Waals surface area contributed by atoms with Crippen LogP contribution in [0.5, 0.6) is 0 Å². The van der Waals surface area contributed by atoms with Crippen LogP contribution in [0.4, 0.5) is 0 Å². The average Bonchev–Trinajstić information content (AvgIpc) is 2.35. The number of hydrogen-bond acceptors (Lipinski definition) is 3. The molecule has 1 rings (SSSR count). The van der Waals surface area contributed by atoms with E-state index in [4.69, 9.17) is 16.6 Å². The van der Waals surface area contributed by atoms with Crippen LogP contribution in [0, 0.1) is 12.3 Å². The lowest BCUT2D eigenvalue weighted by atomic mass is 10.0. The molecule has 19 heavy (non-hydrogen) atoms. The van der Waals surface area contributed by atoms with Crippen molar-refractivity contribution in [3.63, 3.8) is 0 Å². The maximum Gasteiger partial charge on any atom is 0.330 e. The lowest BCUT2D eigenvalue weighted by Gasteiger charge is -2.13. The first-order valence-corrected chi connectivity index (χ1v) is 5.24. The molecule has 0 fully saturated rings. The van der Waals surface area contributed by atoms with Crippen LogP contribution in [-0.4, -0.2) is 28.1 Å². The summed E-state index contributed by atoms with van der Waals surface area (Å²) in [5.41, 5.74) is 0.842. The fourth-order valence-electron chi connectivity index (χ4n) is 1.46. The molecule has 0 bridgehead atoms. The molecule has 1 unspecified atom stereocenters. The highest BCUT2D eigenvalue weighted by atomic mass is 16.4. The summed E-state index contributed by atoms with van der Waals surface area (Å²) in [6.07, 6.45) is 4.70. The average molecular weight is 261 g/mol. The van der Waals surface area contributed by atoms with E-state index in [0.29, 0.717) is 11.1 Å². The second kappa shape index (κ2) is 6.21. The van der Waals surface area contributed by atoms with Gasteiger partial charge < -0.3 is 15.5 Å². The third-order valence-corrected chi connectivity index (χ3v) is 2.32. The number of carboxylic acids is 2. The van der Waals surface area contributed by atoms with Crippen LogP contribution in [0.15, 0.2) is 24.3 Å². The van der Waals surface area contributed by atoms with Gasteiger partial charge in [-0.3, -0.25) is 9.59 Å². The maximum absolute atomic E-state index is 11.0. The maximum atomic E-state index is 11.0. The topological polar surface area (TPSA) is 104 Å². The minimum Gasteiger partial charge on any atom is -0.481 e. The van der Waals surface area contributed by atoms with Crippen molar-refractivity contribution < 1.29 is 24.6 Å². The first-order chi connectivity index (χ1) is 8.93. The van der Waals surface area contributed by atoms with Crippen molar-refractivity contribution in [3.05, 3.63) is 35.4 Å². The number of nitrogens with one attached hydrogen (secondary N) is 1. The number of carbonyl (C=O) groups is 3. The highest BCUT2D eigenvalue weighted by Crippen LogP contribution is 2.14. The quantitative estimate of drug-likeness (QED) is 0.656. The standard InChI is InChI=1S/C13H11NO5/c1-2-10(15)14-12(13(18)19)9-5-3-8(4-6-9)7-11(16)17/h1,3-6,12H,7H2,(H,14,15)(H,16,17)(H,18,19). The number of benzene rings is 1. The molecule has 0 aliphatic carbocycles. The molecular formula is C13H11NO5. The Labute approximate surface area is 109 Å². The highest BCUT2D eigenvalue weighted by molar-refractivity contribution is 5.95. The van der Waals surface area contributed by atoms with Crippen LogP contribution in [-0.2, 0) is 20.8 Å². The number of hydrogen-bond donors (Lipinski definition) is 3. The largest absolute Gasteiger partial charge is 0.481 e. The van der Waals surface area contributed by atoms with Gasteiger partial charge in [0.05, 0.1) is 6.42 Å². The second-order valence-corrected chi connectivity index (χ2v) is 3.70. The first kappa shape index (κ1) is 14.3. The van der Waals surface area contributed by atoms with E-state index in [2.05, 4.69) is 5.32 Å². The number of terminal acetylenes is 1. The lowest BCUT2D eigenvalue weighted by Crippen LogP contribution is -2.32. The molecule has 3 N–H and O–H groups in total. The normalized spacial score (nSPS) is 11.1. The van der Waals surface area contributed by atoms with Gasteiger partial charge in [0.25, 0.3) is 5.91 Å². The SMILES string of the molecule is C#CC(=O)NC(C(=O)O)c1ccc(CC(=O)O)cc1. The van der Waals surface area contributed by atoms with E-state index in [1.165, 1.54) is 24.3 Å². The van der Waals surface area contributed by atoms with Crippen molar-refractivity contribution in [2.75, 3.05) is 0 Å². The van der Waals surface area contributed by atoms with Gasteiger partial charge in [0.1, 0.15) is 0 Å². The van der Waals surface area contributed by atoms with E-state index in [0.717, 1.165) is 0 Å². The second-order valence-electron chi connectivity index (χ2n) is 3.70. The molecule has 1 aromatic rings. The Morgan fingerprint density at radius 3 is 2.21 bits per heavy atom. The van der Waals surface area contributed by atoms with Gasteiger partial charge in [-0.1, -0.05) is 24.3 Å². The van der Waals surface area contributed by atoms with Gasteiger partial charge in [-0.2, -0.15) is 0 Å². The summed E-state index contributed by atoms with van der Waals surface area (Å²) in [6.45, 7) is 0. The van der Waals surface area contributed by atoms with E-state index in [1.807, 2.05) is 0 Å². The summed E-state index contributed by atoms with van der Waals surface area (Å²) in [4.78, 5) is 32.6.